The quantitative estimate of drug-likeness (QED) is 0.309. The standard InChI is InChI=1S/C12H11B2BrFO4/c13-14-20-11(10(16)6-17)9(15)7-19-12(18)8-4-2-1-3-5-8/h1-6,9-11H,7H2/t9-,10+,11+/m0/s1. The van der Waals surface area contributed by atoms with E-state index in [1.165, 1.54) is 0 Å². The molecule has 0 saturated heterocycles. The van der Waals surface area contributed by atoms with Crippen LogP contribution in [0.1, 0.15) is 10.4 Å². The molecule has 1 aromatic rings. The molecule has 4 nitrogen and oxygen atoms in total. The summed E-state index contributed by atoms with van der Waals surface area (Å²) >= 11 is 3.11. The molecule has 8 heteroatoms. The molecule has 0 aliphatic heterocycles. The third kappa shape index (κ3) is 5.00. The molecule has 0 unspecified atom stereocenters. The molecule has 103 valence electrons. The van der Waals surface area contributed by atoms with Crippen LogP contribution in [0.2, 0.25) is 0 Å². The number of carbonyl (C=O) groups excluding carboxylic acids is 2. The zero-order valence-electron chi connectivity index (χ0n) is 10.4. The Balaban J connectivity index is 2.56. The van der Waals surface area contributed by atoms with E-state index < -0.39 is 23.1 Å². The van der Waals surface area contributed by atoms with Gasteiger partial charge in [0, 0.05) is 0 Å². The van der Waals surface area contributed by atoms with E-state index >= 15 is 0 Å². The maximum atomic E-state index is 13.3. The molecule has 0 N–H and O–H groups in total. The van der Waals surface area contributed by atoms with Crippen molar-refractivity contribution in [3.05, 3.63) is 35.9 Å². The summed E-state index contributed by atoms with van der Waals surface area (Å²) in [5, 5.41) is 0. The number of hydrogen-bond acceptors (Lipinski definition) is 4. The number of benzene rings is 1. The van der Waals surface area contributed by atoms with Crippen LogP contribution in [0.15, 0.2) is 30.3 Å². The third-order valence-electron chi connectivity index (χ3n) is 2.42. The van der Waals surface area contributed by atoms with Crippen molar-refractivity contribution in [3.63, 3.8) is 0 Å². The molecule has 1 rings (SSSR count). The van der Waals surface area contributed by atoms with E-state index in [0.29, 0.717) is 5.56 Å². The van der Waals surface area contributed by atoms with Crippen molar-refractivity contribution in [3.8, 4) is 0 Å². The van der Waals surface area contributed by atoms with Gasteiger partial charge >= 0.3 is 126 Å². The minimum atomic E-state index is -1.88. The maximum absolute atomic E-state index is 13.3. The molecule has 0 bridgehead atoms. The first-order valence-electron chi connectivity index (χ1n) is 5.74. The van der Waals surface area contributed by atoms with E-state index in [1.54, 1.807) is 30.3 Å². The van der Waals surface area contributed by atoms with Crippen LogP contribution < -0.4 is 0 Å². The van der Waals surface area contributed by atoms with Crippen molar-refractivity contribution < 1.29 is 23.4 Å². The number of halogens is 2. The molecule has 0 aliphatic rings. The first kappa shape index (κ1) is 16.8. The van der Waals surface area contributed by atoms with Crippen LogP contribution in [-0.4, -0.2) is 50.3 Å². The van der Waals surface area contributed by atoms with Gasteiger partial charge in [0.25, 0.3) is 0 Å². The predicted molar refractivity (Wildman–Crippen MR) is 76.8 cm³/mol. The van der Waals surface area contributed by atoms with Gasteiger partial charge in [-0.15, -0.1) is 0 Å². The number of alkyl halides is 2. The Kier molecular flexibility index (Phi) is 7.36. The first-order valence-corrected chi connectivity index (χ1v) is 6.66. The fraction of sp³-hybridized carbons (Fsp3) is 0.333. The van der Waals surface area contributed by atoms with Crippen molar-refractivity contribution in [1.82, 2.24) is 0 Å². The summed E-state index contributed by atoms with van der Waals surface area (Å²) in [6.45, 7) is -0.166. The van der Waals surface area contributed by atoms with Crippen LogP contribution in [0.5, 0.6) is 0 Å². The van der Waals surface area contributed by atoms with Crippen LogP contribution in [0.3, 0.4) is 0 Å². The average molecular weight is 340 g/mol. The van der Waals surface area contributed by atoms with Gasteiger partial charge in [-0.25, -0.2) is 0 Å². The molecule has 0 saturated carbocycles. The summed E-state index contributed by atoms with van der Waals surface area (Å²) in [6.07, 6.45) is -2.95. The molecule has 0 amide bonds. The Morgan fingerprint density at radius 1 is 1.45 bits per heavy atom. The van der Waals surface area contributed by atoms with Crippen molar-refractivity contribution >= 4 is 42.6 Å². The number of rotatable bonds is 8. The van der Waals surface area contributed by atoms with Crippen molar-refractivity contribution in [2.24, 2.45) is 0 Å². The predicted octanol–water partition coefficient (Wildman–Crippen LogP) is 1.23. The molecule has 20 heavy (non-hydrogen) atoms. The Morgan fingerprint density at radius 3 is 2.65 bits per heavy atom. The fourth-order valence-corrected chi connectivity index (χ4v) is 1.98. The minimum absolute atomic E-state index is 0.0987. The fourth-order valence-electron chi connectivity index (χ4n) is 1.44. The van der Waals surface area contributed by atoms with Crippen LogP contribution in [0.4, 0.5) is 4.39 Å². The molecule has 0 aliphatic carbocycles. The molecule has 0 heterocycles. The van der Waals surface area contributed by atoms with Crippen molar-refractivity contribution in [2.75, 3.05) is 6.61 Å². The van der Waals surface area contributed by atoms with Gasteiger partial charge in [0.1, 0.15) is 0 Å². The third-order valence-corrected chi connectivity index (χ3v) is 3.20. The zero-order chi connectivity index (χ0) is 15.0. The molecule has 0 fully saturated rings. The van der Waals surface area contributed by atoms with Crippen LogP contribution in [0, 0.1) is 0 Å². The Hall–Kier alpha value is -1.30. The van der Waals surface area contributed by atoms with Crippen LogP contribution >= 0.6 is 15.9 Å². The topological polar surface area (TPSA) is 52.6 Å². The van der Waals surface area contributed by atoms with E-state index in [4.69, 9.17) is 16.8 Å². The van der Waals surface area contributed by atoms with Crippen molar-refractivity contribution in [1.29, 1.82) is 0 Å². The van der Waals surface area contributed by atoms with Gasteiger partial charge in [0.15, 0.2) is 0 Å². The summed E-state index contributed by atoms with van der Waals surface area (Å²) in [5.74, 6) is -0.549. The number of carbonyl (C=O) groups is 2. The monoisotopic (exact) mass is 339 g/mol. The molecule has 1 radical (unpaired) electrons. The van der Waals surface area contributed by atoms with Gasteiger partial charge < -0.3 is 0 Å². The average Bonchev–Trinajstić information content (AvgIpc) is 2.50. The molecule has 0 aromatic heterocycles. The molecule has 0 spiro atoms. The summed E-state index contributed by atoms with van der Waals surface area (Å²) in [5.41, 5.74) is 0.377. The first-order chi connectivity index (χ1) is 9.60. The van der Waals surface area contributed by atoms with Crippen LogP contribution in [0.25, 0.3) is 0 Å². The second-order valence-corrected chi connectivity index (χ2v) is 4.97. The summed E-state index contributed by atoms with van der Waals surface area (Å²) in [4.78, 5) is 21.4. The molecular weight excluding hydrogens is 329 g/mol. The Bertz CT molecular complexity index is 460. The van der Waals surface area contributed by atoms with Gasteiger partial charge in [-0.3, -0.25) is 0 Å². The molecule has 3 atom stereocenters. The number of esters is 1. The van der Waals surface area contributed by atoms with Gasteiger partial charge in [-0.05, 0) is 0 Å². The Labute approximate surface area is 126 Å². The second-order valence-electron chi connectivity index (χ2n) is 3.80. The van der Waals surface area contributed by atoms with Crippen LogP contribution in [-0.2, 0) is 14.2 Å². The summed E-state index contributed by atoms with van der Waals surface area (Å²) in [7, 11) is 5.83. The van der Waals surface area contributed by atoms with Gasteiger partial charge in [0.2, 0.25) is 0 Å². The van der Waals surface area contributed by atoms with E-state index in [-0.39, 0.29) is 12.9 Å². The molecular formula is C12H11B2BrFO4. The van der Waals surface area contributed by atoms with E-state index in [0.717, 1.165) is 7.00 Å². The van der Waals surface area contributed by atoms with E-state index in [9.17, 15) is 14.0 Å². The number of hydrogen-bond donors (Lipinski definition) is 0. The van der Waals surface area contributed by atoms with Gasteiger partial charge in [-0.2, -0.15) is 0 Å². The SMILES string of the molecule is [B]=BO[C@@H]([C@H](F)C=O)[C@@H](Br)COC(=O)c1ccccc1. The zero-order valence-corrected chi connectivity index (χ0v) is 12.0. The number of ether oxygens (including phenoxy) is 1. The van der Waals surface area contributed by atoms with Gasteiger partial charge in [-0.1, -0.05) is 0 Å². The van der Waals surface area contributed by atoms with Crippen molar-refractivity contribution in [2.45, 2.75) is 17.1 Å². The number of aldehydes is 1. The summed E-state index contributed by atoms with van der Waals surface area (Å²) in [6, 6.07) is 8.35. The van der Waals surface area contributed by atoms with E-state index in [1.807, 2.05) is 0 Å². The van der Waals surface area contributed by atoms with Gasteiger partial charge in [0.05, 0.1) is 0 Å². The summed E-state index contributed by atoms with van der Waals surface area (Å²) < 4.78 is 23.2. The van der Waals surface area contributed by atoms with E-state index in [2.05, 4.69) is 15.9 Å². The normalized spacial score (nSPS) is 14.4. The molecule has 1 aromatic carbocycles. The second kappa shape index (κ2) is 8.79. The Morgan fingerprint density at radius 2 is 2.10 bits per heavy atom.